The number of nitrogen functional groups attached to an aromatic ring is 1. The van der Waals surface area contributed by atoms with Crippen LogP contribution in [0.4, 0.5) is 5.82 Å². The van der Waals surface area contributed by atoms with Crippen molar-refractivity contribution < 1.29 is 4.74 Å². The summed E-state index contributed by atoms with van der Waals surface area (Å²) in [4.78, 5) is 12.2. The summed E-state index contributed by atoms with van der Waals surface area (Å²) in [5, 5.41) is 2.95. The van der Waals surface area contributed by atoms with E-state index in [-0.39, 0.29) is 6.10 Å². The highest BCUT2D eigenvalue weighted by molar-refractivity contribution is 7.16. The van der Waals surface area contributed by atoms with Crippen LogP contribution in [-0.2, 0) is 11.3 Å². The maximum atomic E-state index is 5.97. The lowest BCUT2D eigenvalue weighted by molar-refractivity contribution is 0.0806. The third kappa shape index (κ3) is 2.43. The Balaban J connectivity index is 1.80. The zero-order valence-electron chi connectivity index (χ0n) is 11.2. The van der Waals surface area contributed by atoms with E-state index >= 15 is 0 Å². The van der Waals surface area contributed by atoms with Crippen LogP contribution in [0, 0.1) is 0 Å². The zero-order chi connectivity index (χ0) is 13.4. The third-order valence-electron chi connectivity index (χ3n) is 3.69. The second-order valence-corrected chi connectivity index (χ2v) is 5.91. The molecule has 0 aromatic carbocycles. The van der Waals surface area contributed by atoms with Gasteiger partial charge in [-0.3, -0.25) is 4.90 Å². The van der Waals surface area contributed by atoms with Crippen molar-refractivity contribution >= 4 is 27.4 Å². The van der Waals surface area contributed by atoms with E-state index in [0.717, 1.165) is 29.1 Å². The Bertz CT molecular complexity index is 585. The molecule has 6 heteroatoms. The predicted octanol–water partition coefficient (Wildman–Crippen LogP) is 1.88. The molecule has 3 rings (SSSR count). The smallest absolute Gasteiger partial charge is 0.146 e. The first-order chi connectivity index (χ1) is 9.15. The van der Waals surface area contributed by atoms with Gasteiger partial charge in [0.1, 0.15) is 16.5 Å². The van der Waals surface area contributed by atoms with Crippen LogP contribution in [0.3, 0.4) is 0 Å². The van der Waals surface area contributed by atoms with Crippen molar-refractivity contribution in [2.75, 3.05) is 19.4 Å². The number of hydrogen-bond donors (Lipinski definition) is 1. The fourth-order valence-corrected chi connectivity index (χ4v) is 3.43. The highest BCUT2D eigenvalue weighted by Gasteiger charge is 2.28. The van der Waals surface area contributed by atoms with E-state index in [1.807, 2.05) is 11.4 Å². The van der Waals surface area contributed by atoms with Gasteiger partial charge < -0.3 is 10.5 Å². The Labute approximate surface area is 116 Å². The molecule has 2 aromatic rings. The minimum Gasteiger partial charge on any atom is -0.383 e. The molecule has 2 atom stereocenters. The molecule has 1 fully saturated rings. The van der Waals surface area contributed by atoms with E-state index in [1.165, 1.54) is 0 Å². The van der Waals surface area contributed by atoms with Crippen LogP contribution in [0.1, 0.15) is 19.2 Å². The second kappa shape index (κ2) is 5.03. The number of fused-ring (bicyclic) bond motifs is 1. The molecule has 19 heavy (non-hydrogen) atoms. The molecule has 1 saturated heterocycles. The minimum absolute atomic E-state index is 0.271. The SMILES string of the molecule is CC1OCCC1N(C)Cc1nc(N)c2ccsc2n1. The Kier molecular flexibility index (Phi) is 3.38. The molecule has 0 radical (unpaired) electrons. The molecule has 0 spiro atoms. The van der Waals surface area contributed by atoms with Gasteiger partial charge in [0.05, 0.1) is 18.0 Å². The number of ether oxygens (including phenoxy) is 1. The summed E-state index contributed by atoms with van der Waals surface area (Å²) < 4.78 is 5.60. The summed E-state index contributed by atoms with van der Waals surface area (Å²) in [6, 6.07) is 2.40. The maximum Gasteiger partial charge on any atom is 0.146 e. The number of likely N-dealkylation sites (N-methyl/N-ethyl adjacent to an activating group) is 1. The molecule has 2 aromatic heterocycles. The Morgan fingerprint density at radius 3 is 3.11 bits per heavy atom. The van der Waals surface area contributed by atoms with Gasteiger partial charge in [-0.05, 0) is 31.8 Å². The van der Waals surface area contributed by atoms with Crippen LogP contribution >= 0.6 is 11.3 Å². The molecular formula is C13H18N4OS. The lowest BCUT2D eigenvalue weighted by Crippen LogP contribution is -2.36. The zero-order valence-corrected chi connectivity index (χ0v) is 12.0. The molecule has 0 saturated carbocycles. The third-order valence-corrected chi connectivity index (χ3v) is 4.50. The second-order valence-electron chi connectivity index (χ2n) is 5.01. The van der Waals surface area contributed by atoms with Crippen molar-refractivity contribution in [2.24, 2.45) is 0 Å². The van der Waals surface area contributed by atoms with Crippen molar-refractivity contribution in [1.82, 2.24) is 14.9 Å². The standard InChI is InChI=1S/C13H18N4OS/c1-8-10(3-5-18-8)17(2)7-11-15-12(14)9-4-6-19-13(9)16-11/h4,6,8,10H,3,5,7H2,1-2H3,(H2,14,15,16). The molecule has 0 amide bonds. The molecule has 0 aliphatic carbocycles. The van der Waals surface area contributed by atoms with Gasteiger partial charge >= 0.3 is 0 Å². The average Bonchev–Trinajstić information content (AvgIpc) is 2.97. The minimum atomic E-state index is 0.271. The summed E-state index contributed by atoms with van der Waals surface area (Å²) in [5.41, 5.74) is 5.97. The largest absolute Gasteiger partial charge is 0.383 e. The van der Waals surface area contributed by atoms with E-state index in [0.29, 0.717) is 18.4 Å². The summed E-state index contributed by atoms with van der Waals surface area (Å²) in [6.45, 7) is 3.66. The number of thiophene rings is 1. The molecule has 0 bridgehead atoms. The fourth-order valence-electron chi connectivity index (χ4n) is 2.63. The highest BCUT2D eigenvalue weighted by atomic mass is 32.1. The molecule has 1 aliphatic heterocycles. The maximum absolute atomic E-state index is 5.97. The van der Waals surface area contributed by atoms with E-state index in [4.69, 9.17) is 10.5 Å². The van der Waals surface area contributed by atoms with E-state index in [2.05, 4.69) is 28.8 Å². The fraction of sp³-hybridized carbons (Fsp3) is 0.538. The van der Waals surface area contributed by atoms with Gasteiger partial charge in [0.15, 0.2) is 0 Å². The van der Waals surface area contributed by atoms with Gasteiger partial charge in [0, 0.05) is 12.6 Å². The van der Waals surface area contributed by atoms with Crippen LogP contribution in [0.2, 0.25) is 0 Å². The lowest BCUT2D eigenvalue weighted by Gasteiger charge is -2.25. The van der Waals surface area contributed by atoms with Gasteiger partial charge in [-0.15, -0.1) is 11.3 Å². The summed E-state index contributed by atoms with van der Waals surface area (Å²) in [5.74, 6) is 1.36. The molecule has 2 unspecified atom stereocenters. The van der Waals surface area contributed by atoms with E-state index in [9.17, 15) is 0 Å². The van der Waals surface area contributed by atoms with Gasteiger partial charge in [0.2, 0.25) is 0 Å². The molecule has 3 heterocycles. The monoisotopic (exact) mass is 278 g/mol. The highest BCUT2D eigenvalue weighted by Crippen LogP contribution is 2.24. The van der Waals surface area contributed by atoms with E-state index in [1.54, 1.807) is 11.3 Å². The van der Waals surface area contributed by atoms with Crippen molar-refractivity contribution in [1.29, 1.82) is 0 Å². The number of rotatable bonds is 3. The average molecular weight is 278 g/mol. The Morgan fingerprint density at radius 1 is 1.53 bits per heavy atom. The molecular weight excluding hydrogens is 260 g/mol. The first kappa shape index (κ1) is 12.8. The van der Waals surface area contributed by atoms with Crippen molar-refractivity contribution in [3.05, 3.63) is 17.3 Å². The van der Waals surface area contributed by atoms with Gasteiger partial charge in [-0.2, -0.15) is 0 Å². The van der Waals surface area contributed by atoms with Gasteiger partial charge in [0.25, 0.3) is 0 Å². The molecule has 102 valence electrons. The van der Waals surface area contributed by atoms with Crippen molar-refractivity contribution in [3.8, 4) is 0 Å². The molecule has 2 N–H and O–H groups in total. The van der Waals surface area contributed by atoms with Crippen molar-refractivity contribution in [3.63, 3.8) is 0 Å². The molecule has 5 nitrogen and oxygen atoms in total. The number of aromatic nitrogens is 2. The van der Waals surface area contributed by atoms with Crippen molar-refractivity contribution in [2.45, 2.75) is 32.0 Å². The summed E-state index contributed by atoms with van der Waals surface area (Å²) in [7, 11) is 2.09. The van der Waals surface area contributed by atoms with Crippen LogP contribution in [0.15, 0.2) is 11.4 Å². The van der Waals surface area contributed by atoms with E-state index < -0.39 is 0 Å². The number of hydrogen-bond acceptors (Lipinski definition) is 6. The van der Waals surface area contributed by atoms with Crippen LogP contribution in [0.5, 0.6) is 0 Å². The van der Waals surface area contributed by atoms with Gasteiger partial charge in [-0.1, -0.05) is 0 Å². The first-order valence-corrected chi connectivity index (χ1v) is 7.34. The van der Waals surface area contributed by atoms with Crippen LogP contribution in [0.25, 0.3) is 10.2 Å². The summed E-state index contributed by atoms with van der Waals surface area (Å²) >= 11 is 1.60. The van der Waals surface area contributed by atoms with Gasteiger partial charge in [-0.25, -0.2) is 9.97 Å². The molecule has 1 aliphatic rings. The van der Waals surface area contributed by atoms with Crippen LogP contribution < -0.4 is 5.73 Å². The Morgan fingerprint density at radius 2 is 2.37 bits per heavy atom. The number of nitrogens with zero attached hydrogens (tertiary/aromatic N) is 3. The lowest BCUT2D eigenvalue weighted by atomic mass is 10.1. The quantitative estimate of drug-likeness (QED) is 0.928. The topological polar surface area (TPSA) is 64.3 Å². The number of anilines is 1. The summed E-state index contributed by atoms with van der Waals surface area (Å²) in [6.07, 6.45) is 1.34. The normalized spacial score (nSPS) is 23.5. The first-order valence-electron chi connectivity index (χ1n) is 6.46. The predicted molar refractivity (Wildman–Crippen MR) is 77.1 cm³/mol. The van der Waals surface area contributed by atoms with Crippen LogP contribution in [-0.4, -0.2) is 40.7 Å². The Hall–Kier alpha value is -1.24. The number of nitrogens with two attached hydrogens (primary N) is 1.